The van der Waals surface area contributed by atoms with Crippen molar-refractivity contribution < 1.29 is 32.9 Å². The SMILES string of the molecule is Cc1cc(C(F)(F)F)cc(O)c1-c1ccn2nc(N[C@@H]3C[C@H](O)CN(C(=O)OC(C)(C)C)C3)nc2n1. The summed E-state index contributed by atoms with van der Waals surface area (Å²) in [6.45, 7) is 7.14. The van der Waals surface area contributed by atoms with Gasteiger partial charge in [0.1, 0.15) is 11.4 Å². The third-order valence-corrected chi connectivity index (χ3v) is 5.52. The van der Waals surface area contributed by atoms with E-state index < -0.39 is 35.3 Å². The highest BCUT2D eigenvalue weighted by Gasteiger charge is 2.33. The van der Waals surface area contributed by atoms with E-state index in [-0.39, 0.29) is 47.7 Å². The number of phenolic OH excluding ortho intramolecular Hbond substituents is 1. The van der Waals surface area contributed by atoms with E-state index in [9.17, 15) is 28.2 Å². The number of aromatic nitrogens is 4. The molecule has 10 nitrogen and oxygen atoms in total. The van der Waals surface area contributed by atoms with Crippen molar-refractivity contribution >= 4 is 17.8 Å². The summed E-state index contributed by atoms with van der Waals surface area (Å²) >= 11 is 0. The molecule has 36 heavy (non-hydrogen) atoms. The van der Waals surface area contributed by atoms with E-state index >= 15 is 0 Å². The molecule has 0 unspecified atom stereocenters. The highest BCUT2D eigenvalue weighted by molar-refractivity contribution is 5.72. The molecule has 2 aromatic heterocycles. The number of aromatic hydroxyl groups is 1. The smallest absolute Gasteiger partial charge is 0.416 e. The Bertz CT molecular complexity index is 1260. The predicted molar refractivity (Wildman–Crippen MR) is 123 cm³/mol. The van der Waals surface area contributed by atoms with Crippen molar-refractivity contribution in [3.63, 3.8) is 0 Å². The zero-order chi connectivity index (χ0) is 26.4. The number of hydrogen-bond acceptors (Lipinski definition) is 8. The molecule has 0 spiro atoms. The number of hydrogen-bond donors (Lipinski definition) is 3. The Morgan fingerprint density at radius 3 is 2.56 bits per heavy atom. The lowest BCUT2D eigenvalue weighted by atomic mass is 10.0. The monoisotopic (exact) mass is 508 g/mol. The number of β-amino-alcohol motifs (C(OH)–C–C–N with tert-alkyl or cyclic N) is 1. The van der Waals surface area contributed by atoms with Gasteiger partial charge in [-0.05, 0) is 57.9 Å². The third-order valence-electron chi connectivity index (χ3n) is 5.52. The number of phenols is 1. The number of alkyl halides is 3. The maximum atomic E-state index is 13.1. The lowest BCUT2D eigenvalue weighted by Gasteiger charge is -2.36. The number of fused-ring (bicyclic) bond motifs is 1. The second-order valence-corrected chi connectivity index (χ2v) is 9.79. The predicted octanol–water partition coefficient (Wildman–Crippen LogP) is 3.61. The number of amides is 1. The highest BCUT2D eigenvalue weighted by Crippen LogP contribution is 2.38. The zero-order valence-electron chi connectivity index (χ0n) is 20.2. The molecule has 1 amide bonds. The Labute approximate surface area is 204 Å². The average Bonchev–Trinajstić information content (AvgIpc) is 3.12. The molecule has 0 radical (unpaired) electrons. The van der Waals surface area contributed by atoms with E-state index in [1.54, 1.807) is 20.8 Å². The second kappa shape index (κ2) is 9.12. The molecule has 194 valence electrons. The van der Waals surface area contributed by atoms with Crippen LogP contribution in [-0.2, 0) is 10.9 Å². The number of nitrogens with one attached hydrogen (secondary N) is 1. The first-order valence-corrected chi connectivity index (χ1v) is 11.3. The number of halogens is 3. The first kappa shape index (κ1) is 25.5. The summed E-state index contributed by atoms with van der Waals surface area (Å²) in [6.07, 6.45) is -4.01. The van der Waals surface area contributed by atoms with Crippen LogP contribution in [0.5, 0.6) is 5.75 Å². The molecule has 3 N–H and O–H groups in total. The number of aryl methyl sites for hydroxylation is 1. The summed E-state index contributed by atoms with van der Waals surface area (Å²) in [5.41, 5.74) is -1.03. The van der Waals surface area contributed by atoms with Crippen LogP contribution in [0, 0.1) is 6.92 Å². The summed E-state index contributed by atoms with van der Waals surface area (Å²) in [4.78, 5) is 22.5. The van der Waals surface area contributed by atoms with Gasteiger partial charge in [-0.15, -0.1) is 5.10 Å². The molecule has 13 heteroatoms. The van der Waals surface area contributed by atoms with Gasteiger partial charge < -0.3 is 25.2 Å². The fourth-order valence-corrected chi connectivity index (χ4v) is 4.08. The minimum Gasteiger partial charge on any atom is -0.507 e. The Hall–Kier alpha value is -3.61. The molecule has 1 saturated heterocycles. The van der Waals surface area contributed by atoms with Crippen LogP contribution in [0.15, 0.2) is 24.4 Å². The van der Waals surface area contributed by atoms with Gasteiger partial charge in [-0.25, -0.2) is 14.3 Å². The topological polar surface area (TPSA) is 125 Å². The molecule has 0 bridgehead atoms. The van der Waals surface area contributed by atoms with Gasteiger partial charge in [0.2, 0.25) is 5.95 Å². The first-order chi connectivity index (χ1) is 16.7. The number of nitrogens with zero attached hydrogens (tertiary/aromatic N) is 5. The Kier molecular flexibility index (Phi) is 6.45. The van der Waals surface area contributed by atoms with E-state index in [1.807, 2.05) is 0 Å². The number of aliphatic hydroxyl groups excluding tert-OH is 1. The van der Waals surface area contributed by atoms with Crippen molar-refractivity contribution in [2.45, 2.75) is 58.0 Å². The van der Waals surface area contributed by atoms with Crippen LogP contribution in [0.3, 0.4) is 0 Å². The lowest BCUT2D eigenvalue weighted by molar-refractivity contribution is -0.137. The second-order valence-electron chi connectivity index (χ2n) is 9.79. The fraction of sp³-hybridized carbons (Fsp3) is 0.478. The van der Waals surface area contributed by atoms with Crippen LogP contribution in [0.1, 0.15) is 38.3 Å². The molecule has 0 saturated carbocycles. The zero-order valence-corrected chi connectivity index (χ0v) is 20.2. The van der Waals surface area contributed by atoms with Crippen molar-refractivity contribution in [1.29, 1.82) is 0 Å². The van der Waals surface area contributed by atoms with Gasteiger partial charge in [0, 0.05) is 24.3 Å². The number of likely N-dealkylation sites (tertiary alicyclic amines) is 1. The van der Waals surface area contributed by atoms with E-state index in [1.165, 1.54) is 28.6 Å². The number of rotatable bonds is 3. The Morgan fingerprint density at radius 2 is 1.92 bits per heavy atom. The van der Waals surface area contributed by atoms with Gasteiger partial charge in [-0.3, -0.25) is 0 Å². The first-order valence-electron chi connectivity index (χ1n) is 11.3. The summed E-state index contributed by atoms with van der Waals surface area (Å²) in [5, 5.41) is 27.9. The van der Waals surface area contributed by atoms with Gasteiger partial charge in [-0.1, -0.05) is 0 Å². The average molecular weight is 509 g/mol. The lowest BCUT2D eigenvalue weighted by Crippen LogP contribution is -2.52. The number of anilines is 1. The molecule has 1 fully saturated rings. The van der Waals surface area contributed by atoms with Crippen LogP contribution in [0.4, 0.5) is 23.9 Å². The third kappa shape index (κ3) is 5.61. The van der Waals surface area contributed by atoms with Gasteiger partial charge >= 0.3 is 12.3 Å². The summed E-state index contributed by atoms with van der Waals surface area (Å²) in [7, 11) is 0. The number of piperidine rings is 1. The molecule has 2 atom stereocenters. The highest BCUT2D eigenvalue weighted by atomic mass is 19.4. The van der Waals surface area contributed by atoms with Crippen molar-refractivity contribution in [3.05, 3.63) is 35.5 Å². The fourth-order valence-electron chi connectivity index (χ4n) is 4.08. The van der Waals surface area contributed by atoms with Crippen molar-refractivity contribution in [2.75, 3.05) is 18.4 Å². The quantitative estimate of drug-likeness (QED) is 0.490. The van der Waals surface area contributed by atoms with Crippen LogP contribution in [-0.4, -0.2) is 71.6 Å². The largest absolute Gasteiger partial charge is 0.507 e. The number of benzene rings is 1. The summed E-state index contributed by atoms with van der Waals surface area (Å²) in [5.74, 6) is -0.208. The van der Waals surface area contributed by atoms with Gasteiger partial charge in [0.05, 0.1) is 23.9 Å². The molecular formula is C23H27F3N6O4. The molecule has 1 aromatic carbocycles. The summed E-state index contributed by atoms with van der Waals surface area (Å²) < 4.78 is 45.9. The van der Waals surface area contributed by atoms with E-state index in [4.69, 9.17) is 4.74 Å². The van der Waals surface area contributed by atoms with E-state index in [0.717, 1.165) is 6.07 Å². The van der Waals surface area contributed by atoms with Crippen LogP contribution in [0.2, 0.25) is 0 Å². The number of aliphatic hydroxyl groups is 1. The van der Waals surface area contributed by atoms with Crippen LogP contribution < -0.4 is 5.32 Å². The molecule has 0 aliphatic carbocycles. The van der Waals surface area contributed by atoms with Crippen LogP contribution in [0.25, 0.3) is 17.0 Å². The maximum absolute atomic E-state index is 13.1. The molecule has 4 rings (SSSR count). The van der Waals surface area contributed by atoms with Gasteiger partial charge in [0.25, 0.3) is 5.78 Å². The maximum Gasteiger partial charge on any atom is 0.416 e. The van der Waals surface area contributed by atoms with Crippen molar-refractivity contribution in [3.8, 4) is 17.0 Å². The molecule has 1 aliphatic heterocycles. The summed E-state index contributed by atoms with van der Waals surface area (Å²) in [6, 6.07) is 2.76. The molecule has 3 aromatic rings. The Morgan fingerprint density at radius 1 is 1.19 bits per heavy atom. The number of carbonyl (C=O) groups excluding carboxylic acids is 1. The minimum atomic E-state index is -4.59. The molecule has 3 heterocycles. The van der Waals surface area contributed by atoms with Crippen LogP contribution >= 0.6 is 0 Å². The van der Waals surface area contributed by atoms with Gasteiger partial charge in [0.15, 0.2) is 0 Å². The van der Waals surface area contributed by atoms with Crippen molar-refractivity contribution in [2.24, 2.45) is 0 Å². The van der Waals surface area contributed by atoms with Crippen molar-refractivity contribution in [1.82, 2.24) is 24.5 Å². The van der Waals surface area contributed by atoms with E-state index in [0.29, 0.717) is 12.5 Å². The molecule has 1 aliphatic rings. The standard InChI is InChI=1S/C23H27F3N6O4/c1-12-7-13(23(24,25)26)8-17(34)18(12)16-5-6-32-20(28-16)29-19(30-32)27-14-9-15(33)11-31(10-14)21(35)36-22(2,3)4/h5-8,14-15,33-34H,9-11H2,1-4H3,(H,27,30)/t14-,15+/m1/s1. The normalized spacial score (nSPS) is 18.9. The number of carbonyl (C=O) groups is 1. The minimum absolute atomic E-state index is 0.145. The molecular weight excluding hydrogens is 481 g/mol. The van der Waals surface area contributed by atoms with Gasteiger partial charge in [-0.2, -0.15) is 18.2 Å². The number of ether oxygens (including phenoxy) is 1. The Balaban J connectivity index is 1.55. The van der Waals surface area contributed by atoms with E-state index in [2.05, 4.69) is 20.4 Å².